The van der Waals surface area contributed by atoms with Gasteiger partial charge in [-0.05, 0) is 12.8 Å². The molecule has 0 bridgehead atoms. The minimum Gasteiger partial charge on any atom is -0.453 e. The summed E-state index contributed by atoms with van der Waals surface area (Å²) in [5, 5.41) is 9.31. The molecule has 1 N–H and O–H groups in total. The van der Waals surface area contributed by atoms with E-state index in [0.717, 1.165) is 0 Å². The van der Waals surface area contributed by atoms with Crippen LogP contribution in [0, 0.1) is 5.92 Å². The molecule has 1 saturated heterocycles. The first-order valence-corrected chi connectivity index (χ1v) is 5.06. The average molecular weight is 217 g/mol. The van der Waals surface area contributed by atoms with Gasteiger partial charge < -0.3 is 14.6 Å². The molecule has 88 valence electrons. The zero-order chi connectivity index (χ0) is 11.6. The van der Waals surface area contributed by atoms with Gasteiger partial charge in [0.15, 0.2) is 0 Å². The highest BCUT2D eigenvalue weighted by molar-refractivity contribution is 5.69. The highest BCUT2D eigenvalue weighted by atomic mass is 16.6. The van der Waals surface area contributed by atoms with Crippen LogP contribution < -0.4 is 0 Å². The number of nitrogens with zero attached hydrogens (tertiary/aromatic N) is 1. The van der Waals surface area contributed by atoms with Crippen molar-refractivity contribution in [3.05, 3.63) is 0 Å². The summed E-state index contributed by atoms with van der Waals surface area (Å²) in [7, 11) is 1.33. The molecule has 0 spiro atoms. The number of aliphatic hydroxyl groups excluding tert-OH is 1. The number of amides is 1. The van der Waals surface area contributed by atoms with Crippen molar-refractivity contribution in [3.63, 3.8) is 0 Å². The third kappa shape index (κ3) is 2.08. The predicted molar refractivity (Wildman–Crippen MR) is 54.3 cm³/mol. The SMILES string of the molecule is COC(=O)N1[C@@H](C(C)C)OC[C@@]1(C)CO. The molecule has 1 aliphatic rings. The van der Waals surface area contributed by atoms with E-state index in [4.69, 9.17) is 9.47 Å². The zero-order valence-corrected chi connectivity index (χ0v) is 9.69. The fraction of sp³-hybridized carbons (Fsp3) is 0.900. The lowest BCUT2D eigenvalue weighted by atomic mass is 10.0. The molecule has 0 unspecified atom stereocenters. The van der Waals surface area contributed by atoms with Crippen LogP contribution in [-0.4, -0.2) is 48.2 Å². The van der Waals surface area contributed by atoms with Gasteiger partial charge in [0.2, 0.25) is 0 Å². The van der Waals surface area contributed by atoms with E-state index in [1.54, 1.807) is 6.92 Å². The topological polar surface area (TPSA) is 59.0 Å². The molecule has 1 fully saturated rings. The predicted octanol–water partition coefficient (Wildman–Crippen LogP) is 0.818. The number of aliphatic hydroxyl groups is 1. The van der Waals surface area contributed by atoms with Gasteiger partial charge in [0.25, 0.3) is 0 Å². The van der Waals surface area contributed by atoms with Crippen LogP contribution in [-0.2, 0) is 9.47 Å². The number of ether oxygens (including phenoxy) is 2. The van der Waals surface area contributed by atoms with E-state index >= 15 is 0 Å². The number of methoxy groups -OCH3 is 1. The number of carbonyl (C=O) groups is 1. The maximum Gasteiger partial charge on any atom is 0.412 e. The largest absolute Gasteiger partial charge is 0.453 e. The van der Waals surface area contributed by atoms with E-state index in [1.807, 2.05) is 13.8 Å². The third-order valence-electron chi connectivity index (χ3n) is 2.68. The monoisotopic (exact) mass is 217 g/mol. The zero-order valence-electron chi connectivity index (χ0n) is 9.69. The molecule has 1 aliphatic heterocycles. The highest BCUT2D eigenvalue weighted by Gasteiger charge is 2.48. The average Bonchev–Trinajstić information content (AvgIpc) is 2.56. The Morgan fingerprint density at radius 3 is 2.73 bits per heavy atom. The maximum absolute atomic E-state index is 11.6. The molecule has 1 amide bonds. The summed E-state index contributed by atoms with van der Waals surface area (Å²) in [4.78, 5) is 13.1. The Labute approximate surface area is 90.0 Å². The summed E-state index contributed by atoms with van der Waals surface area (Å²) in [6.07, 6.45) is -0.780. The molecule has 0 aromatic heterocycles. The molecule has 5 nitrogen and oxygen atoms in total. The number of hydrogen-bond donors (Lipinski definition) is 1. The first-order valence-electron chi connectivity index (χ1n) is 5.06. The van der Waals surface area contributed by atoms with Gasteiger partial charge in [-0.1, -0.05) is 13.8 Å². The second-order valence-electron chi connectivity index (χ2n) is 4.44. The fourth-order valence-electron chi connectivity index (χ4n) is 1.75. The van der Waals surface area contributed by atoms with Crippen LogP contribution in [0.2, 0.25) is 0 Å². The van der Waals surface area contributed by atoms with Gasteiger partial charge in [-0.3, -0.25) is 4.90 Å². The van der Waals surface area contributed by atoms with Crippen molar-refractivity contribution in [1.82, 2.24) is 4.90 Å². The van der Waals surface area contributed by atoms with E-state index in [9.17, 15) is 9.90 Å². The Morgan fingerprint density at radius 2 is 2.33 bits per heavy atom. The van der Waals surface area contributed by atoms with Crippen LogP contribution in [0.25, 0.3) is 0 Å². The first-order chi connectivity index (χ1) is 6.96. The smallest absolute Gasteiger partial charge is 0.412 e. The molecule has 2 atom stereocenters. The molecule has 15 heavy (non-hydrogen) atoms. The van der Waals surface area contributed by atoms with E-state index in [0.29, 0.717) is 6.61 Å². The van der Waals surface area contributed by atoms with Crippen LogP contribution in [0.15, 0.2) is 0 Å². The Hall–Kier alpha value is -0.810. The first kappa shape index (κ1) is 12.3. The van der Waals surface area contributed by atoms with Crippen molar-refractivity contribution in [2.45, 2.75) is 32.5 Å². The quantitative estimate of drug-likeness (QED) is 0.744. The molecule has 0 radical (unpaired) electrons. The Morgan fingerprint density at radius 1 is 1.73 bits per heavy atom. The van der Waals surface area contributed by atoms with E-state index < -0.39 is 11.6 Å². The molecule has 5 heteroatoms. The molecular weight excluding hydrogens is 198 g/mol. The summed E-state index contributed by atoms with van der Waals surface area (Å²) < 4.78 is 10.2. The van der Waals surface area contributed by atoms with E-state index in [-0.39, 0.29) is 18.8 Å². The van der Waals surface area contributed by atoms with Crippen molar-refractivity contribution >= 4 is 6.09 Å². The summed E-state index contributed by atoms with van der Waals surface area (Å²) in [5.74, 6) is 0.164. The molecule has 1 heterocycles. The molecule has 0 aromatic rings. The van der Waals surface area contributed by atoms with E-state index in [2.05, 4.69) is 0 Å². The molecule has 0 aromatic carbocycles. The molecule has 0 saturated carbocycles. The van der Waals surface area contributed by atoms with Crippen LogP contribution in [0.5, 0.6) is 0 Å². The van der Waals surface area contributed by atoms with E-state index in [1.165, 1.54) is 12.0 Å². The minimum atomic E-state index is -0.679. The van der Waals surface area contributed by atoms with Gasteiger partial charge in [-0.15, -0.1) is 0 Å². The minimum absolute atomic E-state index is 0.134. The number of hydrogen-bond acceptors (Lipinski definition) is 4. The van der Waals surface area contributed by atoms with Crippen molar-refractivity contribution in [2.24, 2.45) is 5.92 Å². The van der Waals surface area contributed by atoms with Crippen molar-refractivity contribution in [1.29, 1.82) is 0 Å². The highest BCUT2D eigenvalue weighted by Crippen LogP contribution is 2.31. The van der Waals surface area contributed by atoms with Crippen LogP contribution in [0.3, 0.4) is 0 Å². The lowest BCUT2D eigenvalue weighted by molar-refractivity contribution is -0.0122. The second-order valence-corrected chi connectivity index (χ2v) is 4.44. The Kier molecular flexibility index (Phi) is 3.57. The van der Waals surface area contributed by atoms with Gasteiger partial charge in [-0.2, -0.15) is 0 Å². The van der Waals surface area contributed by atoms with Gasteiger partial charge in [0.05, 0.1) is 25.9 Å². The number of rotatable bonds is 2. The molecule has 0 aliphatic carbocycles. The maximum atomic E-state index is 11.6. The lowest BCUT2D eigenvalue weighted by Gasteiger charge is -2.34. The summed E-state index contributed by atoms with van der Waals surface area (Å²) in [5.41, 5.74) is -0.679. The fourth-order valence-corrected chi connectivity index (χ4v) is 1.75. The van der Waals surface area contributed by atoms with Gasteiger partial charge >= 0.3 is 6.09 Å². The summed E-state index contributed by atoms with van der Waals surface area (Å²) >= 11 is 0. The second kappa shape index (κ2) is 4.37. The van der Waals surface area contributed by atoms with Crippen LogP contribution in [0.1, 0.15) is 20.8 Å². The summed E-state index contributed by atoms with van der Waals surface area (Å²) in [6.45, 7) is 5.91. The van der Waals surface area contributed by atoms with Crippen molar-refractivity contribution in [3.8, 4) is 0 Å². The normalized spacial score (nSPS) is 31.1. The lowest BCUT2D eigenvalue weighted by Crippen LogP contribution is -2.53. The van der Waals surface area contributed by atoms with Crippen LogP contribution in [0.4, 0.5) is 4.79 Å². The Balaban J connectivity index is 2.92. The van der Waals surface area contributed by atoms with Gasteiger partial charge in [0, 0.05) is 0 Å². The van der Waals surface area contributed by atoms with Crippen LogP contribution >= 0.6 is 0 Å². The molecule has 1 rings (SSSR count). The summed E-state index contributed by atoms with van der Waals surface area (Å²) in [6, 6.07) is 0. The van der Waals surface area contributed by atoms with Crippen molar-refractivity contribution < 1.29 is 19.4 Å². The third-order valence-corrected chi connectivity index (χ3v) is 2.68. The Bertz CT molecular complexity index is 244. The molecular formula is C10H19NO4. The standard InChI is InChI=1S/C10H19NO4/c1-7(2)8-11(9(13)14-4)10(3,5-12)6-15-8/h7-8,12H,5-6H2,1-4H3/t8-,10-/m1/s1. The number of carbonyl (C=O) groups excluding carboxylic acids is 1. The van der Waals surface area contributed by atoms with Gasteiger partial charge in [-0.25, -0.2) is 4.79 Å². The van der Waals surface area contributed by atoms with Gasteiger partial charge in [0.1, 0.15) is 6.23 Å². The van der Waals surface area contributed by atoms with Crippen molar-refractivity contribution in [2.75, 3.05) is 20.3 Å².